The van der Waals surface area contributed by atoms with Gasteiger partial charge in [0, 0.05) is 25.0 Å². The molecular weight excluding hydrogens is 398 g/mol. The number of carbonyl (C=O) groups is 1. The molecule has 160 valence electrons. The molecule has 2 atom stereocenters. The number of allylic oxidation sites excluding steroid dienone is 2. The Labute approximate surface area is 180 Å². The van der Waals surface area contributed by atoms with Crippen LogP contribution in [0.1, 0.15) is 72.4 Å². The van der Waals surface area contributed by atoms with Crippen LogP contribution in [-0.2, 0) is 0 Å². The van der Waals surface area contributed by atoms with E-state index in [0.29, 0.717) is 16.7 Å². The number of nitrogens with one attached hydrogen (secondary N) is 1. The lowest BCUT2D eigenvalue weighted by atomic mass is 10.1. The van der Waals surface area contributed by atoms with E-state index in [1.165, 1.54) is 11.3 Å². The third kappa shape index (κ3) is 3.83. The van der Waals surface area contributed by atoms with E-state index in [1.807, 2.05) is 0 Å². The standard InChI is InChI=1S/C21H29N7OS/c22-14-6-3-10-27(11-9-14)21-16(12-24-28(21)15-7-8-15)25-19(29)17-18(23)30-20(26-17)13-4-1-2-5-13/h1,4,12-15H,2-3,5-11,22-23H2,(H,25,29). The molecule has 30 heavy (non-hydrogen) atoms. The van der Waals surface area contributed by atoms with Crippen molar-refractivity contribution in [1.82, 2.24) is 14.8 Å². The molecule has 0 bridgehead atoms. The number of nitrogen functional groups attached to an aromatic ring is 1. The number of carbonyl (C=O) groups excluding carboxylic acids is 1. The van der Waals surface area contributed by atoms with Crippen molar-refractivity contribution in [2.24, 2.45) is 5.73 Å². The van der Waals surface area contributed by atoms with Crippen LogP contribution in [0.3, 0.4) is 0 Å². The Morgan fingerprint density at radius 1 is 1.20 bits per heavy atom. The highest BCUT2D eigenvalue weighted by atomic mass is 32.1. The maximum Gasteiger partial charge on any atom is 0.277 e. The van der Waals surface area contributed by atoms with Crippen LogP contribution in [0, 0.1) is 0 Å². The van der Waals surface area contributed by atoms with E-state index in [4.69, 9.17) is 11.5 Å². The smallest absolute Gasteiger partial charge is 0.277 e. The number of anilines is 3. The van der Waals surface area contributed by atoms with Crippen LogP contribution < -0.4 is 21.7 Å². The zero-order chi connectivity index (χ0) is 20.7. The summed E-state index contributed by atoms with van der Waals surface area (Å²) in [5.74, 6) is 1.00. The van der Waals surface area contributed by atoms with E-state index in [2.05, 4.69) is 37.1 Å². The molecule has 1 saturated heterocycles. The van der Waals surface area contributed by atoms with Crippen molar-refractivity contribution < 1.29 is 4.79 Å². The molecule has 0 aromatic carbocycles. The molecule has 2 aromatic rings. The van der Waals surface area contributed by atoms with E-state index >= 15 is 0 Å². The van der Waals surface area contributed by atoms with Crippen LogP contribution in [0.4, 0.5) is 16.5 Å². The van der Waals surface area contributed by atoms with Crippen molar-refractivity contribution in [2.75, 3.05) is 29.0 Å². The minimum atomic E-state index is -0.264. The first-order chi connectivity index (χ1) is 14.6. The molecule has 2 aromatic heterocycles. The van der Waals surface area contributed by atoms with Crippen molar-refractivity contribution in [1.29, 1.82) is 0 Å². The highest BCUT2D eigenvalue weighted by Crippen LogP contribution is 2.41. The molecule has 1 amide bonds. The van der Waals surface area contributed by atoms with Gasteiger partial charge < -0.3 is 21.7 Å². The zero-order valence-electron chi connectivity index (χ0n) is 17.1. The lowest BCUT2D eigenvalue weighted by Crippen LogP contribution is -2.29. The molecule has 2 fully saturated rings. The summed E-state index contributed by atoms with van der Waals surface area (Å²) in [5, 5.41) is 9.06. The predicted octanol–water partition coefficient (Wildman–Crippen LogP) is 3.26. The fourth-order valence-electron chi connectivity index (χ4n) is 4.37. The molecule has 8 nitrogen and oxygen atoms in total. The van der Waals surface area contributed by atoms with Gasteiger partial charge in [-0.15, -0.1) is 11.3 Å². The summed E-state index contributed by atoms with van der Waals surface area (Å²) in [7, 11) is 0. The predicted molar refractivity (Wildman–Crippen MR) is 120 cm³/mol. The van der Waals surface area contributed by atoms with Gasteiger partial charge in [0.1, 0.15) is 15.7 Å². The second-order valence-electron chi connectivity index (χ2n) is 8.57. The van der Waals surface area contributed by atoms with Gasteiger partial charge in [-0.3, -0.25) is 4.79 Å². The Hall–Kier alpha value is -2.39. The van der Waals surface area contributed by atoms with Gasteiger partial charge in [0.25, 0.3) is 5.91 Å². The minimum Gasteiger partial charge on any atom is -0.389 e. The lowest BCUT2D eigenvalue weighted by molar-refractivity contribution is 0.102. The first-order valence-corrected chi connectivity index (χ1v) is 11.7. The van der Waals surface area contributed by atoms with Gasteiger partial charge in [-0.1, -0.05) is 12.2 Å². The van der Waals surface area contributed by atoms with Gasteiger partial charge in [0.15, 0.2) is 11.5 Å². The number of thiazole rings is 1. The molecule has 5 rings (SSSR count). The third-order valence-electron chi connectivity index (χ3n) is 6.20. The summed E-state index contributed by atoms with van der Waals surface area (Å²) in [6, 6.07) is 0.663. The number of rotatable bonds is 5. The lowest BCUT2D eigenvalue weighted by Gasteiger charge is -2.25. The Morgan fingerprint density at radius 2 is 2.07 bits per heavy atom. The van der Waals surface area contributed by atoms with Crippen LogP contribution in [0.15, 0.2) is 18.3 Å². The van der Waals surface area contributed by atoms with Crippen LogP contribution in [0.5, 0.6) is 0 Å². The SMILES string of the molecule is Nc1sc(C2C=CCC2)nc1C(=O)Nc1cnn(C2CC2)c1N1CCCC(N)CC1. The van der Waals surface area contributed by atoms with E-state index in [0.717, 1.165) is 74.5 Å². The number of hydrogen-bond acceptors (Lipinski definition) is 7. The second kappa shape index (κ2) is 8.03. The first kappa shape index (κ1) is 19.6. The molecule has 0 spiro atoms. The molecule has 3 aliphatic rings. The van der Waals surface area contributed by atoms with E-state index in [-0.39, 0.29) is 17.9 Å². The maximum absolute atomic E-state index is 13.1. The molecule has 1 aliphatic heterocycles. The molecule has 5 N–H and O–H groups in total. The Morgan fingerprint density at radius 3 is 2.83 bits per heavy atom. The van der Waals surface area contributed by atoms with Crippen LogP contribution in [-0.4, -0.2) is 39.8 Å². The molecule has 2 aliphatic carbocycles. The van der Waals surface area contributed by atoms with E-state index in [1.54, 1.807) is 6.20 Å². The van der Waals surface area contributed by atoms with Crippen LogP contribution >= 0.6 is 11.3 Å². The molecule has 0 radical (unpaired) electrons. The average molecular weight is 428 g/mol. The topological polar surface area (TPSA) is 115 Å². The summed E-state index contributed by atoms with van der Waals surface area (Å²) < 4.78 is 2.08. The monoisotopic (exact) mass is 427 g/mol. The Bertz CT molecular complexity index is 961. The molecule has 1 saturated carbocycles. The first-order valence-electron chi connectivity index (χ1n) is 10.9. The number of nitrogens with zero attached hydrogens (tertiary/aromatic N) is 4. The minimum absolute atomic E-state index is 0.239. The van der Waals surface area contributed by atoms with Crippen molar-refractivity contribution in [3.63, 3.8) is 0 Å². The molecular formula is C21H29N7OS. The summed E-state index contributed by atoms with van der Waals surface area (Å²) in [6.45, 7) is 1.80. The van der Waals surface area contributed by atoms with Crippen molar-refractivity contribution in [2.45, 2.75) is 62.9 Å². The summed E-state index contributed by atoms with van der Waals surface area (Å²) in [6.07, 6.45) is 13.4. The number of hydrogen-bond donors (Lipinski definition) is 3. The molecule has 9 heteroatoms. The van der Waals surface area contributed by atoms with Gasteiger partial charge in [-0.25, -0.2) is 9.67 Å². The highest BCUT2D eigenvalue weighted by Gasteiger charge is 2.32. The van der Waals surface area contributed by atoms with Crippen LogP contribution in [0.25, 0.3) is 0 Å². The van der Waals surface area contributed by atoms with Gasteiger partial charge in [0.05, 0.1) is 12.2 Å². The Balaban J connectivity index is 1.39. The maximum atomic E-state index is 13.1. The third-order valence-corrected chi connectivity index (χ3v) is 7.21. The fourth-order valence-corrected chi connectivity index (χ4v) is 5.31. The summed E-state index contributed by atoms with van der Waals surface area (Å²) in [5.41, 5.74) is 13.4. The highest BCUT2D eigenvalue weighted by molar-refractivity contribution is 7.16. The largest absolute Gasteiger partial charge is 0.389 e. The molecule has 2 unspecified atom stereocenters. The number of amides is 1. The summed E-state index contributed by atoms with van der Waals surface area (Å²) in [4.78, 5) is 20.0. The van der Waals surface area contributed by atoms with Crippen molar-refractivity contribution >= 4 is 33.8 Å². The average Bonchev–Trinajstić information content (AvgIpc) is 3.15. The van der Waals surface area contributed by atoms with Gasteiger partial charge >= 0.3 is 0 Å². The number of aromatic nitrogens is 3. The van der Waals surface area contributed by atoms with Gasteiger partial charge in [0.2, 0.25) is 0 Å². The second-order valence-corrected chi connectivity index (χ2v) is 9.63. The summed E-state index contributed by atoms with van der Waals surface area (Å²) >= 11 is 1.42. The van der Waals surface area contributed by atoms with Crippen LogP contribution in [0.2, 0.25) is 0 Å². The van der Waals surface area contributed by atoms with E-state index < -0.39 is 0 Å². The van der Waals surface area contributed by atoms with Gasteiger partial charge in [-0.2, -0.15) is 5.10 Å². The molecule has 3 heterocycles. The van der Waals surface area contributed by atoms with E-state index in [9.17, 15) is 4.79 Å². The quantitative estimate of drug-likeness (QED) is 0.631. The van der Waals surface area contributed by atoms with Crippen molar-refractivity contribution in [3.05, 3.63) is 29.1 Å². The Kier molecular flexibility index (Phi) is 5.24. The zero-order valence-corrected chi connectivity index (χ0v) is 17.9. The normalized spacial score (nSPS) is 24.2. The van der Waals surface area contributed by atoms with Gasteiger partial charge in [-0.05, 0) is 44.9 Å². The number of nitrogens with two attached hydrogens (primary N) is 2. The van der Waals surface area contributed by atoms with Crippen molar-refractivity contribution in [3.8, 4) is 0 Å². The fraction of sp³-hybridized carbons (Fsp3) is 0.571.